The number of hydrogen-bond acceptors (Lipinski definition) is 1. The monoisotopic (exact) mass is 284 g/mol. The van der Waals surface area contributed by atoms with Gasteiger partial charge in [0.1, 0.15) is 0 Å². The predicted octanol–water partition coefficient (Wildman–Crippen LogP) is 5.29. The van der Waals surface area contributed by atoms with Gasteiger partial charge in [-0.1, -0.05) is 73.6 Å². The Balaban J connectivity index is 2.80. The van der Waals surface area contributed by atoms with Crippen LogP contribution in [0.25, 0.3) is 0 Å². The van der Waals surface area contributed by atoms with E-state index < -0.39 is 0 Å². The highest BCUT2D eigenvalue weighted by atomic mass is 16.2. The lowest BCUT2D eigenvalue weighted by atomic mass is 9.75. The van der Waals surface area contributed by atoms with Crippen LogP contribution in [0.1, 0.15) is 41.0 Å². The predicted molar refractivity (Wildman–Crippen MR) is 93.1 cm³/mol. The fourth-order valence-corrected chi connectivity index (χ4v) is 2.45. The van der Waals surface area contributed by atoms with Crippen LogP contribution in [-0.2, 0) is 0 Å². The summed E-state index contributed by atoms with van der Waals surface area (Å²) in [4.78, 5) is 0. The summed E-state index contributed by atoms with van der Waals surface area (Å²) in [6.07, 6.45) is 17.9. The summed E-state index contributed by atoms with van der Waals surface area (Å²) in [5.74, 6) is 0. The molecule has 0 bridgehead atoms. The van der Waals surface area contributed by atoms with Crippen molar-refractivity contribution in [3.05, 3.63) is 70.9 Å². The van der Waals surface area contributed by atoms with E-state index in [4.69, 9.17) is 5.11 Å². The van der Waals surface area contributed by atoms with Gasteiger partial charge >= 0.3 is 0 Å². The Morgan fingerprint density at radius 1 is 1.24 bits per heavy atom. The smallest absolute Gasteiger partial charge is 0.0617 e. The molecule has 0 heterocycles. The van der Waals surface area contributed by atoms with Crippen LogP contribution in [0.5, 0.6) is 0 Å². The Bertz CT molecular complexity index is 534. The molecule has 0 aromatic heterocycles. The highest BCUT2D eigenvalue weighted by molar-refractivity contribution is 5.42. The maximum absolute atomic E-state index is 8.80. The van der Waals surface area contributed by atoms with E-state index in [2.05, 4.69) is 58.1 Å². The van der Waals surface area contributed by atoms with Crippen molar-refractivity contribution in [2.75, 3.05) is 6.61 Å². The second kappa shape index (κ2) is 7.99. The standard InChI is InChI=1S/C20H28O/c1-16(8-6-9-17(2)13-15-21)11-12-19-18(3)10-7-14-20(19,4)5/h6-13,21H,14-15H2,1-5H3/b9-6+,12-11+,16-8-,17-13-. The second-order valence-electron chi connectivity index (χ2n) is 6.32. The zero-order chi connectivity index (χ0) is 15.9. The van der Waals surface area contributed by atoms with E-state index in [1.165, 1.54) is 16.7 Å². The van der Waals surface area contributed by atoms with Crippen molar-refractivity contribution in [1.82, 2.24) is 0 Å². The fraction of sp³-hybridized carbons (Fsp3) is 0.400. The lowest BCUT2D eigenvalue weighted by Gasteiger charge is -2.29. The van der Waals surface area contributed by atoms with Gasteiger partial charge in [0.25, 0.3) is 0 Å². The molecule has 0 aromatic rings. The van der Waals surface area contributed by atoms with E-state index in [0.29, 0.717) is 0 Å². The van der Waals surface area contributed by atoms with Crippen LogP contribution in [0.3, 0.4) is 0 Å². The van der Waals surface area contributed by atoms with Crippen molar-refractivity contribution in [3.8, 4) is 0 Å². The zero-order valence-electron chi connectivity index (χ0n) is 14.0. The van der Waals surface area contributed by atoms with E-state index in [9.17, 15) is 0 Å². The molecule has 0 aromatic carbocycles. The van der Waals surface area contributed by atoms with Gasteiger partial charge in [0.05, 0.1) is 6.61 Å². The van der Waals surface area contributed by atoms with Crippen LogP contribution >= 0.6 is 0 Å². The van der Waals surface area contributed by atoms with Gasteiger partial charge in [-0.3, -0.25) is 0 Å². The van der Waals surface area contributed by atoms with Gasteiger partial charge in [0.2, 0.25) is 0 Å². The zero-order valence-corrected chi connectivity index (χ0v) is 14.0. The molecule has 0 radical (unpaired) electrons. The molecule has 0 unspecified atom stereocenters. The van der Waals surface area contributed by atoms with Gasteiger partial charge in [-0.25, -0.2) is 0 Å². The van der Waals surface area contributed by atoms with Gasteiger partial charge in [0, 0.05) is 0 Å². The third kappa shape index (κ3) is 5.73. The van der Waals surface area contributed by atoms with Gasteiger partial charge < -0.3 is 5.11 Å². The maximum Gasteiger partial charge on any atom is 0.0617 e. The number of hydrogen-bond donors (Lipinski definition) is 1. The summed E-state index contributed by atoms with van der Waals surface area (Å²) in [5, 5.41) is 8.80. The van der Waals surface area contributed by atoms with Crippen molar-refractivity contribution < 1.29 is 5.11 Å². The van der Waals surface area contributed by atoms with Gasteiger partial charge in [-0.05, 0) is 43.8 Å². The third-order valence-corrected chi connectivity index (χ3v) is 3.79. The first kappa shape index (κ1) is 17.5. The SMILES string of the molecule is CC1=C(/C=C/C(C)=C\C=C\C(C)=C/CO)C(C)(C)CC=C1. The normalized spacial score (nSPS) is 20.1. The molecule has 1 aliphatic carbocycles. The second-order valence-corrected chi connectivity index (χ2v) is 6.32. The van der Waals surface area contributed by atoms with Crippen LogP contribution in [0.15, 0.2) is 70.9 Å². The van der Waals surface area contributed by atoms with Crippen molar-refractivity contribution in [2.45, 2.75) is 41.0 Å². The van der Waals surface area contributed by atoms with Crippen molar-refractivity contribution in [2.24, 2.45) is 5.41 Å². The number of aliphatic hydroxyl groups excluding tert-OH is 1. The number of rotatable bonds is 5. The summed E-state index contributed by atoms with van der Waals surface area (Å²) in [5.41, 5.74) is 5.27. The molecule has 1 nitrogen and oxygen atoms in total. The van der Waals surface area contributed by atoms with Crippen molar-refractivity contribution in [1.29, 1.82) is 0 Å². The molecule has 0 spiro atoms. The molecule has 21 heavy (non-hydrogen) atoms. The van der Waals surface area contributed by atoms with Crippen LogP contribution in [0, 0.1) is 5.41 Å². The third-order valence-electron chi connectivity index (χ3n) is 3.79. The van der Waals surface area contributed by atoms with E-state index in [1.54, 1.807) is 6.08 Å². The minimum Gasteiger partial charge on any atom is -0.392 e. The number of allylic oxidation sites excluding steroid dienone is 11. The van der Waals surface area contributed by atoms with E-state index in [1.807, 2.05) is 19.1 Å². The molecule has 0 aliphatic heterocycles. The van der Waals surface area contributed by atoms with Gasteiger partial charge in [-0.15, -0.1) is 0 Å². The average Bonchev–Trinajstić information content (AvgIpc) is 2.37. The summed E-state index contributed by atoms with van der Waals surface area (Å²) >= 11 is 0. The largest absolute Gasteiger partial charge is 0.392 e. The first-order valence-electron chi connectivity index (χ1n) is 7.55. The Hall–Kier alpha value is -1.60. The van der Waals surface area contributed by atoms with E-state index in [0.717, 1.165) is 12.0 Å². The fourth-order valence-electron chi connectivity index (χ4n) is 2.45. The first-order chi connectivity index (χ1) is 9.86. The van der Waals surface area contributed by atoms with E-state index in [-0.39, 0.29) is 12.0 Å². The lowest BCUT2D eigenvalue weighted by Crippen LogP contribution is -2.16. The Labute approximate surface area is 129 Å². The van der Waals surface area contributed by atoms with Crippen LogP contribution < -0.4 is 0 Å². The Morgan fingerprint density at radius 3 is 2.57 bits per heavy atom. The topological polar surface area (TPSA) is 20.2 Å². The molecular weight excluding hydrogens is 256 g/mol. The van der Waals surface area contributed by atoms with Crippen LogP contribution in [-0.4, -0.2) is 11.7 Å². The molecule has 1 N–H and O–H groups in total. The molecule has 0 saturated heterocycles. The maximum atomic E-state index is 8.80. The first-order valence-corrected chi connectivity index (χ1v) is 7.55. The van der Waals surface area contributed by atoms with Crippen LogP contribution in [0.2, 0.25) is 0 Å². The summed E-state index contributed by atoms with van der Waals surface area (Å²) in [6, 6.07) is 0. The van der Waals surface area contributed by atoms with Gasteiger partial charge in [-0.2, -0.15) is 0 Å². The van der Waals surface area contributed by atoms with Crippen LogP contribution in [0.4, 0.5) is 0 Å². The summed E-state index contributed by atoms with van der Waals surface area (Å²) in [6.45, 7) is 10.9. The molecule has 1 heteroatoms. The lowest BCUT2D eigenvalue weighted by molar-refractivity contribution is 0.342. The van der Waals surface area contributed by atoms with Gasteiger partial charge in [0.15, 0.2) is 0 Å². The Morgan fingerprint density at radius 2 is 1.95 bits per heavy atom. The number of aliphatic hydroxyl groups is 1. The van der Waals surface area contributed by atoms with Crippen molar-refractivity contribution >= 4 is 0 Å². The molecule has 1 aliphatic rings. The molecular formula is C20H28O. The highest BCUT2D eigenvalue weighted by Gasteiger charge is 2.23. The summed E-state index contributed by atoms with van der Waals surface area (Å²) in [7, 11) is 0. The highest BCUT2D eigenvalue weighted by Crippen LogP contribution is 2.37. The molecule has 0 fully saturated rings. The quantitative estimate of drug-likeness (QED) is 0.680. The molecule has 0 saturated carbocycles. The summed E-state index contributed by atoms with van der Waals surface area (Å²) < 4.78 is 0. The molecule has 0 amide bonds. The average molecular weight is 284 g/mol. The van der Waals surface area contributed by atoms with E-state index >= 15 is 0 Å². The molecule has 0 atom stereocenters. The molecule has 114 valence electrons. The Kier molecular flexibility index (Phi) is 6.64. The molecule has 1 rings (SSSR count). The van der Waals surface area contributed by atoms with Crippen molar-refractivity contribution in [3.63, 3.8) is 0 Å². The minimum absolute atomic E-state index is 0.0921. The minimum atomic E-state index is 0.0921.